The molecule has 1 aliphatic heterocycles. The summed E-state index contributed by atoms with van der Waals surface area (Å²) < 4.78 is 5.29. The number of halogens is 1. The van der Waals surface area contributed by atoms with E-state index in [2.05, 4.69) is 59.7 Å². The normalized spacial score (nSPS) is 16.9. The van der Waals surface area contributed by atoms with Crippen LogP contribution in [0.1, 0.15) is 65.5 Å². The minimum absolute atomic E-state index is 0.192. The smallest absolute Gasteiger partial charge is 0.0468 e. The molecule has 2 rings (SSSR count). The lowest BCUT2D eigenvalue weighted by molar-refractivity contribution is 0.0286. The lowest BCUT2D eigenvalue weighted by atomic mass is 9.76. The van der Waals surface area contributed by atoms with Crippen LogP contribution in [-0.2, 0) is 10.2 Å². The summed E-state index contributed by atoms with van der Waals surface area (Å²) in [5, 5.41) is 0.863. The fourth-order valence-electron chi connectivity index (χ4n) is 2.62. The topological polar surface area (TPSA) is 9.23 Å². The molecule has 1 heterocycles. The lowest BCUT2D eigenvalue weighted by Gasteiger charge is -2.33. The van der Waals surface area contributed by atoms with Gasteiger partial charge in [0.25, 0.3) is 0 Å². The van der Waals surface area contributed by atoms with Gasteiger partial charge in [-0.3, -0.25) is 0 Å². The molecule has 1 aromatic rings. The highest BCUT2D eigenvalue weighted by molar-refractivity contribution is 6.31. The second-order valence-electron chi connectivity index (χ2n) is 8.47. The van der Waals surface area contributed by atoms with Crippen LogP contribution in [0.2, 0.25) is 5.02 Å². The third kappa shape index (κ3) is 6.30. The first-order valence-corrected chi connectivity index (χ1v) is 8.74. The first-order valence-electron chi connectivity index (χ1n) is 8.36. The Morgan fingerprint density at radius 3 is 1.91 bits per heavy atom. The van der Waals surface area contributed by atoms with Crippen molar-refractivity contribution in [2.45, 2.75) is 66.7 Å². The van der Waals surface area contributed by atoms with E-state index in [1.54, 1.807) is 0 Å². The van der Waals surface area contributed by atoms with Crippen molar-refractivity contribution in [1.82, 2.24) is 0 Å². The maximum atomic E-state index is 6.02. The monoisotopic (exact) mass is 324 g/mol. The Morgan fingerprint density at radius 1 is 1.00 bits per heavy atom. The lowest BCUT2D eigenvalue weighted by Crippen LogP contribution is -2.27. The average molecular weight is 325 g/mol. The van der Waals surface area contributed by atoms with E-state index in [1.165, 1.54) is 18.4 Å². The van der Waals surface area contributed by atoms with E-state index in [0.717, 1.165) is 29.7 Å². The molecule has 0 atom stereocenters. The molecule has 1 fully saturated rings. The Bertz CT molecular complexity index is 460. The van der Waals surface area contributed by atoms with Crippen LogP contribution >= 0.6 is 11.6 Å². The van der Waals surface area contributed by atoms with Crippen LogP contribution in [0.15, 0.2) is 18.2 Å². The molecule has 2 heteroatoms. The van der Waals surface area contributed by atoms with Crippen LogP contribution in [0.5, 0.6) is 0 Å². The Morgan fingerprint density at radius 2 is 1.55 bits per heavy atom. The van der Waals surface area contributed by atoms with Crippen LogP contribution in [0.25, 0.3) is 0 Å². The van der Waals surface area contributed by atoms with Gasteiger partial charge in [-0.25, -0.2) is 0 Å². The number of aryl methyl sites for hydroxylation is 1. The average Bonchev–Trinajstić information content (AvgIpc) is 2.41. The van der Waals surface area contributed by atoms with Crippen molar-refractivity contribution in [1.29, 1.82) is 0 Å². The SMILES string of the molecule is CC(C)(C)C1CCOCC1.Cc1ccc(C(C)(C)C)cc1Cl. The summed E-state index contributed by atoms with van der Waals surface area (Å²) in [5.41, 5.74) is 3.11. The molecular formula is C20H33ClO. The molecule has 0 amide bonds. The van der Waals surface area contributed by atoms with Gasteiger partial charge in [0.15, 0.2) is 0 Å². The van der Waals surface area contributed by atoms with Gasteiger partial charge in [0.1, 0.15) is 0 Å². The largest absolute Gasteiger partial charge is 0.381 e. The molecule has 1 aliphatic rings. The third-order valence-electron chi connectivity index (χ3n) is 4.48. The summed E-state index contributed by atoms with van der Waals surface area (Å²) in [7, 11) is 0. The summed E-state index contributed by atoms with van der Waals surface area (Å²) >= 11 is 6.02. The number of ether oxygens (including phenoxy) is 1. The maximum absolute atomic E-state index is 6.02. The van der Waals surface area contributed by atoms with E-state index >= 15 is 0 Å². The molecule has 0 unspecified atom stereocenters. The summed E-state index contributed by atoms with van der Waals surface area (Å²) in [6.07, 6.45) is 2.51. The van der Waals surface area contributed by atoms with E-state index in [0.29, 0.717) is 5.41 Å². The zero-order chi connectivity index (χ0) is 17.0. The summed E-state index contributed by atoms with van der Waals surface area (Å²) in [6.45, 7) is 17.5. The highest BCUT2D eigenvalue weighted by Gasteiger charge is 2.25. The van der Waals surface area contributed by atoms with Crippen molar-refractivity contribution in [3.63, 3.8) is 0 Å². The van der Waals surface area contributed by atoms with Crippen LogP contribution in [0.4, 0.5) is 0 Å². The quantitative estimate of drug-likeness (QED) is 0.536. The predicted octanol–water partition coefficient (Wildman–Crippen LogP) is 6.41. The molecule has 0 aliphatic carbocycles. The third-order valence-corrected chi connectivity index (χ3v) is 4.89. The van der Waals surface area contributed by atoms with Crippen LogP contribution in [0, 0.1) is 18.3 Å². The van der Waals surface area contributed by atoms with Crippen LogP contribution in [-0.4, -0.2) is 13.2 Å². The minimum Gasteiger partial charge on any atom is -0.381 e. The van der Waals surface area contributed by atoms with E-state index < -0.39 is 0 Å². The highest BCUT2D eigenvalue weighted by atomic mass is 35.5. The first kappa shape index (κ1) is 19.5. The zero-order valence-electron chi connectivity index (χ0n) is 15.4. The molecule has 0 N–H and O–H groups in total. The molecule has 1 nitrogen and oxygen atoms in total. The molecule has 22 heavy (non-hydrogen) atoms. The minimum atomic E-state index is 0.192. The van der Waals surface area contributed by atoms with Gasteiger partial charge in [0.2, 0.25) is 0 Å². The van der Waals surface area contributed by atoms with Gasteiger partial charge in [0.05, 0.1) is 0 Å². The van der Waals surface area contributed by atoms with Gasteiger partial charge < -0.3 is 4.74 Å². The van der Waals surface area contributed by atoms with Gasteiger partial charge in [0, 0.05) is 18.2 Å². The number of rotatable bonds is 0. The van der Waals surface area contributed by atoms with Crippen LogP contribution < -0.4 is 0 Å². The second kappa shape index (κ2) is 7.84. The molecule has 0 aromatic heterocycles. The van der Waals surface area contributed by atoms with Gasteiger partial charge in [-0.2, -0.15) is 0 Å². The summed E-state index contributed by atoms with van der Waals surface area (Å²) in [5.74, 6) is 0.876. The van der Waals surface area contributed by atoms with Crippen molar-refractivity contribution < 1.29 is 4.74 Å². The maximum Gasteiger partial charge on any atom is 0.0468 e. The molecular weight excluding hydrogens is 292 g/mol. The molecule has 1 saturated heterocycles. The molecule has 1 aromatic carbocycles. The summed E-state index contributed by atoms with van der Waals surface area (Å²) in [6, 6.07) is 6.26. The van der Waals surface area contributed by atoms with E-state index in [1.807, 2.05) is 6.92 Å². The van der Waals surface area contributed by atoms with Crippen molar-refractivity contribution in [2.75, 3.05) is 13.2 Å². The van der Waals surface area contributed by atoms with Crippen molar-refractivity contribution >= 4 is 11.6 Å². The van der Waals surface area contributed by atoms with E-state index in [9.17, 15) is 0 Å². The van der Waals surface area contributed by atoms with Gasteiger partial charge in [-0.05, 0) is 53.7 Å². The predicted molar refractivity (Wildman–Crippen MR) is 97.9 cm³/mol. The summed E-state index contributed by atoms with van der Waals surface area (Å²) in [4.78, 5) is 0. The highest BCUT2D eigenvalue weighted by Crippen LogP contribution is 2.33. The first-order chi connectivity index (χ1) is 10.0. The molecule has 0 spiro atoms. The number of benzene rings is 1. The molecule has 0 bridgehead atoms. The van der Waals surface area contributed by atoms with Gasteiger partial charge in [-0.15, -0.1) is 0 Å². The number of hydrogen-bond donors (Lipinski definition) is 0. The van der Waals surface area contributed by atoms with Crippen molar-refractivity contribution in [2.24, 2.45) is 11.3 Å². The van der Waals surface area contributed by atoms with Crippen molar-refractivity contribution in [3.8, 4) is 0 Å². The van der Waals surface area contributed by atoms with E-state index in [-0.39, 0.29) is 5.41 Å². The van der Waals surface area contributed by atoms with Gasteiger partial charge >= 0.3 is 0 Å². The Labute approximate surface area is 142 Å². The van der Waals surface area contributed by atoms with E-state index in [4.69, 9.17) is 16.3 Å². The van der Waals surface area contributed by atoms with Crippen LogP contribution in [0.3, 0.4) is 0 Å². The number of hydrogen-bond acceptors (Lipinski definition) is 1. The van der Waals surface area contributed by atoms with Gasteiger partial charge in [-0.1, -0.05) is 65.3 Å². The Kier molecular flexibility index (Phi) is 6.95. The molecule has 0 radical (unpaired) electrons. The standard InChI is InChI=1S/C11H15Cl.C9H18O/c1-8-5-6-9(7-10(8)12)11(2,3)4;1-9(2,3)8-4-6-10-7-5-8/h5-7H,1-4H3;8H,4-7H2,1-3H3. The Hall–Kier alpha value is -0.530. The fourth-order valence-corrected chi connectivity index (χ4v) is 2.80. The molecule has 0 saturated carbocycles. The van der Waals surface area contributed by atoms with Crippen molar-refractivity contribution in [3.05, 3.63) is 34.3 Å². The molecule has 126 valence electrons. The zero-order valence-corrected chi connectivity index (χ0v) is 16.2. The second-order valence-corrected chi connectivity index (χ2v) is 8.87. The Balaban J connectivity index is 0.000000224. The fraction of sp³-hybridized carbons (Fsp3) is 0.700.